The average Bonchev–Trinajstić information content (AvgIpc) is 3.11. The zero-order valence-electron chi connectivity index (χ0n) is 18.9. The highest BCUT2D eigenvalue weighted by atomic mass is 16.6. The van der Waals surface area contributed by atoms with E-state index in [1.54, 1.807) is 39.0 Å². The molecule has 0 saturated carbocycles. The Labute approximate surface area is 191 Å². The number of rotatable bonds is 8. The molecule has 0 atom stereocenters. The van der Waals surface area contributed by atoms with Gasteiger partial charge in [0.2, 0.25) is 5.78 Å². The highest BCUT2D eigenvalue weighted by Gasteiger charge is 2.30. The second-order valence-electron chi connectivity index (χ2n) is 7.88. The molecule has 10 nitrogen and oxygen atoms in total. The molecule has 0 radical (unpaired) electrons. The standard InChI is InChI=1S/C23H27N3O7/c1-4-32-23(29)21-14(2)20(15(3)24-21)19(27)13-33-22(28)16-9-11-25(12-10-16)17-7-5-6-8-18(17)26(30)31/h5-8,16,24H,4,9-13H2,1-3H3. The van der Waals surface area contributed by atoms with Crippen LogP contribution in [-0.2, 0) is 14.3 Å². The van der Waals surface area contributed by atoms with Gasteiger partial charge in [0.05, 0.1) is 17.4 Å². The molecule has 0 amide bonds. The molecule has 10 heteroatoms. The number of aromatic nitrogens is 1. The van der Waals surface area contributed by atoms with Crippen LogP contribution in [0, 0.1) is 29.9 Å². The predicted molar refractivity (Wildman–Crippen MR) is 120 cm³/mol. The number of benzene rings is 1. The average molecular weight is 457 g/mol. The Morgan fingerprint density at radius 3 is 2.45 bits per heavy atom. The van der Waals surface area contributed by atoms with Crippen molar-refractivity contribution in [3.63, 3.8) is 0 Å². The first kappa shape index (κ1) is 24.0. The quantitative estimate of drug-likeness (QED) is 0.276. The van der Waals surface area contributed by atoms with Crippen LogP contribution in [0.4, 0.5) is 11.4 Å². The molecule has 1 aromatic heterocycles. The zero-order valence-corrected chi connectivity index (χ0v) is 18.9. The number of esters is 2. The fourth-order valence-corrected chi connectivity index (χ4v) is 4.14. The largest absolute Gasteiger partial charge is 0.461 e. The van der Waals surface area contributed by atoms with E-state index in [2.05, 4.69) is 4.98 Å². The van der Waals surface area contributed by atoms with Gasteiger partial charge < -0.3 is 19.4 Å². The van der Waals surface area contributed by atoms with Gasteiger partial charge in [-0.15, -0.1) is 0 Å². The molecular formula is C23H27N3O7. The molecule has 1 aromatic carbocycles. The van der Waals surface area contributed by atoms with Crippen LogP contribution in [0.15, 0.2) is 24.3 Å². The van der Waals surface area contributed by atoms with Crippen molar-refractivity contribution in [3.8, 4) is 0 Å². The molecular weight excluding hydrogens is 430 g/mol. The van der Waals surface area contributed by atoms with E-state index in [4.69, 9.17) is 9.47 Å². The zero-order chi connectivity index (χ0) is 24.1. The van der Waals surface area contributed by atoms with E-state index < -0.39 is 29.3 Å². The maximum atomic E-state index is 12.7. The van der Waals surface area contributed by atoms with Gasteiger partial charge in [0.1, 0.15) is 11.4 Å². The number of Topliss-reactive ketones (excluding diaryl/α,β-unsaturated/α-hetero) is 1. The van der Waals surface area contributed by atoms with Crippen LogP contribution < -0.4 is 4.90 Å². The molecule has 0 bridgehead atoms. The van der Waals surface area contributed by atoms with Crippen molar-refractivity contribution in [2.24, 2.45) is 5.92 Å². The Hall–Kier alpha value is -3.69. The summed E-state index contributed by atoms with van der Waals surface area (Å²) in [7, 11) is 0. The second-order valence-corrected chi connectivity index (χ2v) is 7.88. The number of aromatic amines is 1. The van der Waals surface area contributed by atoms with Crippen LogP contribution in [0.5, 0.6) is 0 Å². The molecule has 1 saturated heterocycles. The van der Waals surface area contributed by atoms with E-state index in [1.807, 2.05) is 4.90 Å². The fourth-order valence-electron chi connectivity index (χ4n) is 4.14. The molecule has 1 fully saturated rings. The van der Waals surface area contributed by atoms with Crippen molar-refractivity contribution in [3.05, 3.63) is 56.9 Å². The minimum absolute atomic E-state index is 0.0311. The van der Waals surface area contributed by atoms with E-state index in [1.165, 1.54) is 6.07 Å². The Morgan fingerprint density at radius 1 is 1.15 bits per heavy atom. The first-order valence-corrected chi connectivity index (χ1v) is 10.8. The second kappa shape index (κ2) is 10.3. The summed E-state index contributed by atoms with van der Waals surface area (Å²) >= 11 is 0. The lowest BCUT2D eigenvalue weighted by Gasteiger charge is -2.32. The third-order valence-electron chi connectivity index (χ3n) is 5.79. The van der Waals surface area contributed by atoms with E-state index in [0.717, 1.165) is 0 Å². The van der Waals surface area contributed by atoms with Gasteiger partial charge in [-0.05, 0) is 45.2 Å². The predicted octanol–water partition coefficient (Wildman–Crippen LogP) is 3.36. The third-order valence-corrected chi connectivity index (χ3v) is 5.79. The first-order chi connectivity index (χ1) is 15.7. The number of carbonyl (C=O) groups excluding carboxylic acids is 3. The number of ketones is 1. The van der Waals surface area contributed by atoms with Crippen molar-refractivity contribution in [2.45, 2.75) is 33.6 Å². The summed E-state index contributed by atoms with van der Waals surface area (Å²) in [5, 5.41) is 11.3. The summed E-state index contributed by atoms with van der Waals surface area (Å²) in [5.41, 5.74) is 2.06. The molecule has 1 aliphatic rings. The van der Waals surface area contributed by atoms with Crippen molar-refractivity contribution in [2.75, 3.05) is 31.2 Å². The Kier molecular flexibility index (Phi) is 7.47. The summed E-state index contributed by atoms with van der Waals surface area (Å²) in [6, 6.07) is 6.51. The number of nitrogens with one attached hydrogen (secondary N) is 1. The summed E-state index contributed by atoms with van der Waals surface area (Å²) in [5.74, 6) is -1.80. The number of para-hydroxylation sites is 2. The SMILES string of the molecule is CCOC(=O)c1[nH]c(C)c(C(=O)COC(=O)C2CCN(c3ccccc3[N+](=O)[O-])CC2)c1C. The first-order valence-electron chi connectivity index (χ1n) is 10.8. The normalized spacial score (nSPS) is 14.1. The maximum absolute atomic E-state index is 12.7. The van der Waals surface area contributed by atoms with Gasteiger partial charge in [-0.1, -0.05) is 12.1 Å². The molecule has 176 valence electrons. The van der Waals surface area contributed by atoms with Gasteiger partial charge in [-0.25, -0.2) is 4.79 Å². The number of piperidine rings is 1. The molecule has 33 heavy (non-hydrogen) atoms. The van der Waals surface area contributed by atoms with Gasteiger partial charge in [-0.3, -0.25) is 19.7 Å². The Bertz CT molecular complexity index is 1070. The number of hydrogen-bond donors (Lipinski definition) is 1. The molecule has 0 aliphatic carbocycles. The lowest BCUT2D eigenvalue weighted by Crippen LogP contribution is -2.37. The van der Waals surface area contributed by atoms with Crippen LogP contribution in [-0.4, -0.2) is 53.9 Å². The number of anilines is 1. The number of nitrogens with zero attached hydrogens (tertiary/aromatic N) is 2. The van der Waals surface area contributed by atoms with Gasteiger partial charge >= 0.3 is 11.9 Å². The number of carbonyl (C=O) groups is 3. The summed E-state index contributed by atoms with van der Waals surface area (Å²) in [6.07, 6.45) is 0.933. The number of H-pyrrole nitrogens is 1. The van der Waals surface area contributed by atoms with E-state index in [-0.39, 0.29) is 23.9 Å². The molecule has 0 spiro atoms. The number of ether oxygens (including phenoxy) is 2. The third kappa shape index (κ3) is 5.21. The van der Waals surface area contributed by atoms with E-state index >= 15 is 0 Å². The minimum Gasteiger partial charge on any atom is -0.461 e. The molecule has 2 heterocycles. The van der Waals surface area contributed by atoms with Crippen molar-refractivity contribution in [1.82, 2.24) is 4.98 Å². The summed E-state index contributed by atoms with van der Waals surface area (Å²) < 4.78 is 10.3. The minimum atomic E-state index is -0.542. The van der Waals surface area contributed by atoms with Gasteiger partial charge in [0, 0.05) is 30.4 Å². The van der Waals surface area contributed by atoms with Gasteiger partial charge in [0.25, 0.3) is 5.69 Å². The van der Waals surface area contributed by atoms with Crippen LogP contribution in [0.25, 0.3) is 0 Å². The van der Waals surface area contributed by atoms with Crippen molar-refractivity contribution >= 4 is 29.1 Å². The molecule has 1 aliphatic heterocycles. The maximum Gasteiger partial charge on any atom is 0.355 e. The highest BCUT2D eigenvalue weighted by molar-refractivity contribution is 6.03. The molecule has 2 aromatic rings. The monoisotopic (exact) mass is 457 g/mol. The van der Waals surface area contributed by atoms with Crippen LogP contribution >= 0.6 is 0 Å². The van der Waals surface area contributed by atoms with Crippen LogP contribution in [0.3, 0.4) is 0 Å². The number of nitro groups is 1. The lowest BCUT2D eigenvalue weighted by atomic mass is 9.96. The fraction of sp³-hybridized carbons (Fsp3) is 0.435. The van der Waals surface area contributed by atoms with Crippen molar-refractivity contribution < 1.29 is 28.8 Å². The Balaban J connectivity index is 1.57. The molecule has 3 rings (SSSR count). The smallest absolute Gasteiger partial charge is 0.355 e. The van der Waals surface area contributed by atoms with Crippen molar-refractivity contribution in [1.29, 1.82) is 0 Å². The number of hydrogen-bond acceptors (Lipinski definition) is 8. The number of nitro benzene ring substituents is 1. The molecule has 0 unspecified atom stereocenters. The highest BCUT2D eigenvalue weighted by Crippen LogP contribution is 2.31. The van der Waals surface area contributed by atoms with Crippen LogP contribution in [0.2, 0.25) is 0 Å². The summed E-state index contributed by atoms with van der Waals surface area (Å²) in [6.45, 7) is 5.74. The lowest BCUT2D eigenvalue weighted by molar-refractivity contribution is -0.384. The van der Waals surface area contributed by atoms with E-state index in [0.29, 0.717) is 48.4 Å². The number of aryl methyl sites for hydroxylation is 1. The topological polar surface area (TPSA) is 132 Å². The molecule has 1 N–H and O–H groups in total. The van der Waals surface area contributed by atoms with Gasteiger partial charge in [-0.2, -0.15) is 0 Å². The van der Waals surface area contributed by atoms with Crippen LogP contribution in [0.1, 0.15) is 51.9 Å². The van der Waals surface area contributed by atoms with E-state index in [9.17, 15) is 24.5 Å². The Morgan fingerprint density at radius 2 is 1.82 bits per heavy atom. The summed E-state index contributed by atoms with van der Waals surface area (Å²) in [4.78, 5) is 52.9. The van der Waals surface area contributed by atoms with Gasteiger partial charge in [0.15, 0.2) is 6.61 Å².